The van der Waals surface area contributed by atoms with Crippen LogP contribution in [0.1, 0.15) is 24.0 Å². The summed E-state index contributed by atoms with van der Waals surface area (Å²) in [6.07, 6.45) is 0.824. The number of rotatable bonds is 7. The number of aromatic nitrogens is 1. The molecule has 0 atom stereocenters. The first-order valence-electron chi connectivity index (χ1n) is 8.58. The molecule has 9 heteroatoms. The molecule has 0 aliphatic rings. The minimum absolute atomic E-state index is 0.00107. The highest BCUT2D eigenvalue weighted by Crippen LogP contribution is 2.29. The number of non-ortho nitro benzene ring substituents is 1. The molecule has 0 bridgehead atoms. The molecule has 0 aliphatic carbocycles. The SMILES string of the molecule is Cc1cc(OCCCC(=O)Nc2nc3ccc([N+](=O)[O-])cc3s2)cc(C)c1Cl. The predicted octanol–water partition coefficient (Wildman–Crippen LogP) is 5.27. The number of halogens is 1. The van der Waals surface area contributed by atoms with E-state index in [2.05, 4.69) is 10.3 Å². The number of benzene rings is 2. The van der Waals surface area contributed by atoms with Crippen molar-refractivity contribution in [3.63, 3.8) is 0 Å². The number of amides is 1. The van der Waals surface area contributed by atoms with E-state index in [0.29, 0.717) is 28.4 Å². The van der Waals surface area contributed by atoms with Crippen molar-refractivity contribution in [2.45, 2.75) is 26.7 Å². The number of nitrogens with zero attached hydrogens (tertiary/aromatic N) is 2. The number of hydrogen-bond donors (Lipinski definition) is 1. The van der Waals surface area contributed by atoms with Gasteiger partial charge in [-0.25, -0.2) is 4.98 Å². The molecule has 3 aromatic rings. The summed E-state index contributed by atoms with van der Waals surface area (Å²) in [6, 6.07) is 8.16. The monoisotopic (exact) mass is 419 g/mol. The van der Waals surface area contributed by atoms with E-state index in [-0.39, 0.29) is 18.0 Å². The molecule has 1 aromatic heterocycles. The van der Waals surface area contributed by atoms with Crippen LogP contribution in [0.25, 0.3) is 10.2 Å². The number of nitro groups is 1. The second-order valence-corrected chi connectivity index (χ2v) is 7.71. The van der Waals surface area contributed by atoms with Crippen molar-refractivity contribution in [3.05, 3.63) is 56.6 Å². The van der Waals surface area contributed by atoms with Gasteiger partial charge in [0.05, 0.1) is 21.7 Å². The highest BCUT2D eigenvalue weighted by molar-refractivity contribution is 7.22. The Morgan fingerprint density at radius 3 is 2.68 bits per heavy atom. The molecule has 1 amide bonds. The molecule has 28 heavy (non-hydrogen) atoms. The van der Waals surface area contributed by atoms with Gasteiger partial charge in [0.15, 0.2) is 5.13 Å². The summed E-state index contributed by atoms with van der Waals surface area (Å²) in [4.78, 5) is 26.8. The largest absolute Gasteiger partial charge is 0.494 e. The van der Waals surface area contributed by atoms with Crippen molar-refractivity contribution in [1.82, 2.24) is 4.98 Å². The van der Waals surface area contributed by atoms with Gasteiger partial charge < -0.3 is 10.1 Å². The smallest absolute Gasteiger partial charge is 0.270 e. The van der Waals surface area contributed by atoms with E-state index in [9.17, 15) is 14.9 Å². The van der Waals surface area contributed by atoms with Crippen LogP contribution in [0.5, 0.6) is 5.75 Å². The summed E-state index contributed by atoms with van der Waals surface area (Å²) in [6.45, 7) is 4.24. The topological polar surface area (TPSA) is 94.4 Å². The molecule has 3 rings (SSSR count). The number of nitro benzene ring substituents is 1. The van der Waals surface area contributed by atoms with Crippen LogP contribution in [-0.2, 0) is 4.79 Å². The van der Waals surface area contributed by atoms with Gasteiger partial charge in [-0.3, -0.25) is 14.9 Å². The lowest BCUT2D eigenvalue weighted by molar-refractivity contribution is -0.384. The van der Waals surface area contributed by atoms with E-state index in [1.54, 1.807) is 6.07 Å². The average molecular weight is 420 g/mol. The second-order valence-electron chi connectivity index (χ2n) is 6.30. The lowest BCUT2D eigenvalue weighted by Crippen LogP contribution is -2.12. The first-order chi connectivity index (χ1) is 13.3. The number of aryl methyl sites for hydroxylation is 2. The van der Waals surface area contributed by atoms with Crippen LogP contribution in [0.3, 0.4) is 0 Å². The van der Waals surface area contributed by atoms with Gasteiger partial charge in [-0.1, -0.05) is 22.9 Å². The normalized spacial score (nSPS) is 10.8. The van der Waals surface area contributed by atoms with E-state index in [1.165, 1.54) is 23.5 Å². The minimum Gasteiger partial charge on any atom is -0.494 e. The highest BCUT2D eigenvalue weighted by atomic mass is 35.5. The van der Waals surface area contributed by atoms with E-state index < -0.39 is 4.92 Å². The minimum atomic E-state index is -0.457. The number of carbonyl (C=O) groups is 1. The zero-order chi connectivity index (χ0) is 20.3. The molecular formula is C19H18ClN3O4S. The van der Waals surface area contributed by atoms with Gasteiger partial charge in [0.1, 0.15) is 5.75 Å². The maximum Gasteiger partial charge on any atom is 0.270 e. The molecule has 146 valence electrons. The van der Waals surface area contributed by atoms with Crippen LogP contribution in [0.2, 0.25) is 5.02 Å². The maximum atomic E-state index is 12.1. The van der Waals surface area contributed by atoms with E-state index in [4.69, 9.17) is 16.3 Å². The van der Waals surface area contributed by atoms with E-state index in [1.807, 2.05) is 26.0 Å². The summed E-state index contributed by atoms with van der Waals surface area (Å²) in [5, 5.41) is 14.7. The molecule has 0 saturated carbocycles. The molecule has 0 saturated heterocycles. The van der Waals surface area contributed by atoms with Crippen molar-refractivity contribution in [1.29, 1.82) is 0 Å². The van der Waals surface area contributed by atoms with Gasteiger partial charge in [-0.2, -0.15) is 0 Å². The third-order valence-corrected chi connectivity index (χ3v) is 5.59. The number of nitrogens with one attached hydrogen (secondary N) is 1. The van der Waals surface area contributed by atoms with Crippen LogP contribution in [0.15, 0.2) is 30.3 Å². The van der Waals surface area contributed by atoms with Gasteiger partial charge in [0.25, 0.3) is 5.69 Å². The van der Waals surface area contributed by atoms with Gasteiger partial charge >= 0.3 is 0 Å². The molecule has 2 aromatic carbocycles. The van der Waals surface area contributed by atoms with Gasteiger partial charge in [0, 0.05) is 23.6 Å². The lowest BCUT2D eigenvalue weighted by atomic mass is 10.1. The van der Waals surface area contributed by atoms with Crippen molar-refractivity contribution in [2.24, 2.45) is 0 Å². The average Bonchev–Trinajstić information content (AvgIpc) is 3.04. The molecule has 7 nitrogen and oxygen atoms in total. The number of thiazole rings is 1. The fourth-order valence-electron chi connectivity index (χ4n) is 2.67. The molecule has 0 spiro atoms. The maximum absolute atomic E-state index is 12.1. The standard InChI is InChI=1S/C19H18ClN3O4S/c1-11-8-14(9-12(2)18(11)20)27-7-3-4-17(24)22-19-21-15-6-5-13(23(25)26)10-16(15)28-19/h5-6,8-10H,3-4,7H2,1-2H3,(H,21,22,24). The Kier molecular flexibility index (Phi) is 6.11. The second kappa shape index (κ2) is 8.53. The predicted molar refractivity (Wildman–Crippen MR) is 111 cm³/mol. The number of fused-ring (bicyclic) bond motifs is 1. The number of anilines is 1. The Hall–Kier alpha value is -2.71. The highest BCUT2D eigenvalue weighted by Gasteiger charge is 2.12. The summed E-state index contributed by atoms with van der Waals surface area (Å²) >= 11 is 7.34. The zero-order valence-electron chi connectivity index (χ0n) is 15.3. The van der Waals surface area contributed by atoms with Crippen LogP contribution in [-0.4, -0.2) is 22.4 Å². The van der Waals surface area contributed by atoms with Crippen molar-refractivity contribution in [3.8, 4) is 5.75 Å². The molecule has 0 aliphatic heterocycles. The Morgan fingerprint density at radius 2 is 2.00 bits per heavy atom. The van der Waals surface area contributed by atoms with E-state index in [0.717, 1.165) is 21.9 Å². The molecule has 0 fully saturated rings. The van der Waals surface area contributed by atoms with E-state index >= 15 is 0 Å². The number of ether oxygens (including phenoxy) is 1. The summed E-state index contributed by atoms with van der Waals surface area (Å²) in [7, 11) is 0. The molecular weight excluding hydrogens is 402 g/mol. The molecule has 1 N–H and O–H groups in total. The Bertz CT molecular complexity index is 1030. The molecule has 0 unspecified atom stereocenters. The number of carbonyl (C=O) groups excluding carboxylic acids is 1. The lowest BCUT2D eigenvalue weighted by Gasteiger charge is -2.09. The molecule has 1 heterocycles. The third kappa shape index (κ3) is 4.76. The third-order valence-electron chi connectivity index (χ3n) is 4.06. The zero-order valence-corrected chi connectivity index (χ0v) is 16.9. The Balaban J connectivity index is 1.50. The fourth-order valence-corrected chi connectivity index (χ4v) is 3.70. The van der Waals surface area contributed by atoms with Gasteiger partial charge in [0.2, 0.25) is 5.91 Å². The van der Waals surface area contributed by atoms with Crippen molar-refractivity contribution < 1.29 is 14.5 Å². The first kappa shape index (κ1) is 20.0. The Morgan fingerprint density at radius 1 is 1.29 bits per heavy atom. The van der Waals surface area contributed by atoms with Gasteiger partial charge in [-0.05, 0) is 49.6 Å². The number of hydrogen-bond acceptors (Lipinski definition) is 6. The van der Waals surface area contributed by atoms with Crippen LogP contribution < -0.4 is 10.1 Å². The quantitative estimate of drug-likeness (QED) is 0.319. The summed E-state index contributed by atoms with van der Waals surface area (Å²) < 4.78 is 6.35. The fraction of sp³-hybridized carbons (Fsp3) is 0.263. The van der Waals surface area contributed by atoms with Gasteiger partial charge in [-0.15, -0.1) is 0 Å². The molecule has 0 radical (unpaired) electrons. The van der Waals surface area contributed by atoms with Crippen LogP contribution in [0, 0.1) is 24.0 Å². The summed E-state index contributed by atoms with van der Waals surface area (Å²) in [5.74, 6) is 0.549. The van der Waals surface area contributed by atoms with Crippen LogP contribution >= 0.6 is 22.9 Å². The summed E-state index contributed by atoms with van der Waals surface area (Å²) in [5.41, 5.74) is 2.51. The van der Waals surface area contributed by atoms with Crippen molar-refractivity contribution in [2.75, 3.05) is 11.9 Å². The first-order valence-corrected chi connectivity index (χ1v) is 9.77. The Labute approximate surface area is 170 Å². The van der Waals surface area contributed by atoms with Crippen molar-refractivity contribution >= 4 is 49.9 Å². The van der Waals surface area contributed by atoms with Crippen LogP contribution in [0.4, 0.5) is 10.8 Å².